The largest absolute Gasteiger partial charge is 0.507 e. The highest BCUT2D eigenvalue weighted by atomic mass is 16.5. The monoisotopic (exact) mass is 439 g/mol. The number of para-hydroxylation sites is 1. The van der Waals surface area contributed by atoms with Crippen LogP contribution in [0.5, 0.6) is 11.5 Å². The molecule has 1 amide bonds. The Kier molecular flexibility index (Phi) is 7.53. The highest BCUT2D eigenvalue weighted by Crippen LogP contribution is 2.42. The summed E-state index contributed by atoms with van der Waals surface area (Å²) in [6, 6.07) is 13.2. The highest BCUT2D eigenvalue weighted by Gasteiger charge is 2.46. The molecule has 32 heavy (non-hydrogen) atoms. The average Bonchev–Trinajstić information content (AvgIpc) is 3.03. The van der Waals surface area contributed by atoms with Crippen LogP contribution in [-0.2, 0) is 14.3 Å². The van der Waals surface area contributed by atoms with Crippen molar-refractivity contribution in [2.45, 2.75) is 32.4 Å². The van der Waals surface area contributed by atoms with E-state index in [9.17, 15) is 14.7 Å². The normalized spacial score (nSPS) is 17.8. The molecule has 1 aliphatic rings. The van der Waals surface area contributed by atoms with Gasteiger partial charge in [-0.25, -0.2) is 0 Å². The number of amides is 1. The van der Waals surface area contributed by atoms with Crippen molar-refractivity contribution in [1.29, 1.82) is 0 Å². The predicted octanol–water partition coefficient (Wildman–Crippen LogP) is 3.94. The zero-order valence-corrected chi connectivity index (χ0v) is 18.8. The molecule has 0 aromatic heterocycles. The Balaban J connectivity index is 2.09. The molecule has 7 heteroatoms. The van der Waals surface area contributed by atoms with Crippen molar-refractivity contribution in [2.24, 2.45) is 0 Å². The first-order valence-electron chi connectivity index (χ1n) is 10.6. The molecule has 0 spiro atoms. The van der Waals surface area contributed by atoms with Gasteiger partial charge < -0.3 is 24.2 Å². The highest BCUT2D eigenvalue weighted by molar-refractivity contribution is 6.46. The van der Waals surface area contributed by atoms with E-state index in [4.69, 9.17) is 14.2 Å². The zero-order chi connectivity index (χ0) is 23.3. The maximum absolute atomic E-state index is 13.1. The van der Waals surface area contributed by atoms with Crippen LogP contribution >= 0.6 is 0 Å². The molecule has 3 rings (SSSR count). The van der Waals surface area contributed by atoms with E-state index in [1.165, 1.54) is 12.0 Å². The number of aliphatic hydroxyl groups is 1. The molecule has 0 bridgehead atoms. The molecule has 1 saturated heterocycles. The van der Waals surface area contributed by atoms with Crippen molar-refractivity contribution >= 4 is 17.4 Å². The number of ether oxygens (including phenoxy) is 3. The van der Waals surface area contributed by atoms with Crippen LogP contribution in [-0.4, -0.2) is 55.2 Å². The Morgan fingerprint density at radius 3 is 2.38 bits per heavy atom. The zero-order valence-electron chi connectivity index (χ0n) is 18.8. The van der Waals surface area contributed by atoms with Gasteiger partial charge in [-0.15, -0.1) is 0 Å². The maximum Gasteiger partial charge on any atom is 0.295 e. The fraction of sp³-hybridized carbons (Fsp3) is 0.360. The van der Waals surface area contributed by atoms with Gasteiger partial charge in [0.25, 0.3) is 11.7 Å². The molecule has 7 nitrogen and oxygen atoms in total. The summed E-state index contributed by atoms with van der Waals surface area (Å²) in [6.07, 6.45) is 0.564. The van der Waals surface area contributed by atoms with E-state index in [2.05, 4.69) is 0 Å². The molecule has 2 aromatic rings. The fourth-order valence-electron chi connectivity index (χ4n) is 3.82. The van der Waals surface area contributed by atoms with Crippen LogP contribution in [0.1, 0.15) is 37.4 Å². The molecule has 1 aliphatic heterocycles. The van der Waals surface area contributed by atoms with Gasteiger partial charge in [0.05, 0.1) is 24.8 Å². The van der Waals surface area contributed by atoms with Gasteiger partial charge in [0.1, 0.15) is 17.3 Å². The topological polar surface area (TPSA) is 85.3 Å². The summed E-state index contributed by atoms with van der Waals surface area (Å²) in [6.45, 7) is 4.59. The second kappa shape index (κ2) is 10.3. The van der Waals surface area contributed by atoms with E-state index in [-0.39, 0.29) is 17.4 Å². The quantitative estimate of drug-likeness (QED) is 0.276. The number of hydrogen-bond acceptors (Lipinski definition) is 6. The van der Waals surface area contributed by atoms with Gasteiger partial charge in [-0.1, -0.05) is 18.2 Å². The van der Waals surface area contributed by atoms with E-state index in [0.717, 1.165) is 0 Å². The van der Waals surface area contributed by atoms with Crippen LogP contribution in [0.3, 0.4) is 0 Å². The summed E-state index contributed by atoms with van der Waals surface area (Å²) in [4.78, 5) is 27.5. The summed E-state index contributed by atoms with van der Waals surface area (Å²) in [5, 5.41) is 11.1. The number of carbonyl (C=O) groups is 2. The van der Waals surface area contributed by atoms with Gasteiger partial charge >= 0.3 is 0 Å². The smallest absolute Gasteiger partial charge is 0.295 e. The fourth-order valence-corrected chi connectivity index (χ4v) is 3.82. The number of methoxy groups -OCH3 is 2. The molecule has 170 valence electrons. The Hall–Kier alpha value is -3.32. The summed E-state index contributed by atoms with van der Waals surface area (Å²) in [7, 11) is 3.11. The molecule has 0 radical (unpaired) electrons. The Bertz CT molecular complexity index is 996. The molecule has 1 atom stereocenters. The van der Waals surface area contributed by atoms with E-state index < -0.39 is 17.7 Å². The van der Waals surface area contributed by atoms with Crippen molar-refractivity contribution in [3.63, 3.8) is 0 Å². The van der Waals surface area contributed by atoms with Crippen LogP contribution in [0.15, 0.2) is 54.1 Å². The number of Topliss-reactive ketones (excluding diaryl/α,β-unsaturated/α-hetero) is 1. The van der Waals surface area contributed by atoms with Crippen LogP contribution in [0, 0.1) is 0 Å². The third-order valence-corrected chi connectivity index (χ3v) is 5.22. The number of carbonyl (C=O) groups excluding carboxylic acids is 2. The molecule has 2 aromatic carbocycles. The number of nitrogens with zero attached hydrogens (tertiary/aromatic N) is 1. The van der Waals surface area contributed by atoms with Crippen LogP contribution in [0.4, 0.5) is 0 Å². The second-order valence-electron chi connectivity index (χ2n) is 7.77. The van der Waals surface area contributed by atoms with Crippen molar-refractivity contribution in [3.05, 3.63) is 65.2 Å². The molecule has 0 unspecified atom stereocenters. The van der Waals surface area contributed by atoms with Crippen molar-refractivity contribution in [1.82, 2.24) is 4.90 Å². The number of likely N-dealkylation sites (tertiary alicyclic amines) is 1. The van der Waals surface area contributed by atoms with E-state index in [1.807, 2.05) is 26.0 Å². The van der Waals surface area contributed by atoms with Crippen molar-refractivity contribution in [2.75, 3.05) is 27.4 Å². The minimum atomic E-state index is -0.769. The third kappa shape index (κ3) is 4.78. The first-order valence-corrected chi connectivity index (χ1v) is 10.6. The number of benzene rings is 2. The molecular weight excluding hydrogens is 410 g/mol. The minimum Gasteiger partial charge on any atom is -0.507 e. The van der Waals surface area contributed by atoms with Gasteiger partial charge in [-0.05, 0) is 50.6 Å². The lowest BCUT2D eigenvalue weighted by Gasteiger charge is -2.26. The summed E-state index contributed by atoms with van der Waals surface area (Å²) in [5.74, 6) is -0.429. The second-order valence-corrected chi connectivity index (χ2v) is 7.77. The molecular formula is C25H29NO6. The maximum atomic E-state index is 13.1. The lowest BCUT2D eigenvalue weighted by molar-refractivity contribution is -0.140. The van der Waals surface area contributed by atoms with Crippen molar-refractivity contribution in [3.8, 4) is 11.5 Å². The van der Waals surface area contributed by atoms with Gasteiger partial charge in [0, 0.05) is 31.4 Å². The minimum absolute atomic E-state index is 0.0115. The van der Waals surface area contributed by atoms with Gasteiger partial charge in [-0.3, -0.25) is 9.59 Å². The number of ketones is 1. The molecule has 1 N–H and O–H groups in total. The first kappa shape index (κ1) is 23.3. The summed E-state index contributed by atoms with van der Waals surface area (Å²) in [5.41, 5.74) is 1.10. The Morgan fingerprint density at radius 1 is 1.06 bits per heavy atom. The molecule has 0 aliphatic carbocycles. The van der Waals surface area contributed by atoms with Crippen LogP contribution in [0.25, 0.3) is 5.76 Å². The SMILES string of the molecule is COCCCN1C(=O)C(=O)/C(=C(/O)c2ccc(OC(C)C)cc2)[C@H]1c1ccccc1OC. The average molecular weight is 440 g/mol. The summed E-state index contributed by atoms with van der Waals surface area (Å²) < 4.78 is 16.3. The Morgan fingerprint density at radius 2 is 1.75 bits per heavy atom. The van der Waals surface area contributed by atoms with Gasteiger partial charge in [-0.2, -0.15) is 0 Å². The number of hydrogen-bond donors (Lipinski definition) is 1. The molecule has 1 fully saturated rings. The number of rotatable bonds is 9. The van der Waals surface area contributed by atoms with Gasteiger partial charge in [0.15, 0.2) is 0 Å². The lowest BCUT2D eigenvalue weighted by atomic mass is 9.94. The number of aliphatic hydroxyl groups excluding tert-OH is 1. The van der Waals surface area contributed by atoms with E-state index in [0.29, 0.717) is 42.2 Å². The van der Waals surface area contributed by atoms with Crippen molar-refractivity contribution < 1.29 is 28.9 Å². The molecule has 1 heterocycles. The lowest BCUT2D eigenvalue weighted by Crippen LogP contribution is -2.31. The van der Waals surface area contributed by atoms with Crippen LogP contribution < -0.4 is 9.47 Å². The van der Waals surface area contributed by atoms with E-state index in [1.54, 1.807) is 43.5 Å². The standard InChI is InChI=1S/C25H29NO6/c1-16(2)32-18-12-10-17(11-13-18)23(27)21-22(19-8-5-6-9-20(19)31-4)26(14-7-15-30-3)25(29)24(21)28/h5-6,8-13,16,22,27H,7,14-15H2,1-4H3/b23-21+/t22-/m1/s1. The first-order chi connectivity index (χ1) is 15.4. The van der Waals surface area contributed by atoms with Crippen LogP contribution in [0.2, 0.25) is 0 Å². The van der Waals surface area contributed by atoms with E-state index >= 15 is 0 Å². The summed E-state index contributed by atoms with van der Waals surface area (Å²) >= 11 is 0. The molecule has 0 saturated carbocycles. The Labute approximate surface area is 188 Å². The third-order valence-electron chi connectivity index (χ3n) is 5.22. The predicted molar refractivity (Wildman–Crippen MR) is 121 cm³/mol. The van der Waals surface area contributed by atoms with Gasteiger partial charge in [0.2, 0.25) is 0 Å².